The average Bonchev–Trinajstić information content (AvgIpc) is 2.73. The Morgan fingerprint density at radius 1 is 0.893 bits per heavy atom. The van der Waals surface area contributed by atoms with E-state index in [1.165, 1.54) is 16.7 Å². The molecule has 0 spiro atoms. The number of nitrogens with two attached hydrogens (primary N) is 1. The predicted octanol–water partition coefficient (Wildman–Crippen LogP) is 3.68. The highest BCUT2D eigenvalue weighted by molar-refractivity contribution is 5.94. The second-order valence-corrected chi connectivity index (χ2v) is 6.97. The predicted molar refractivity (Wildman–Crippen MR) is 112 cm³/mol. The first-order valence-corrected chi connectivity index (χ1v) is 9.49. The highest BCUT2D eigenvalue weighted by atomic mass is 16.5. The fourth-order valence-electron chi connectivity index (χ4n) is 3.22. The van der Waals surface area contributed by atoms with Gasteiger partial charge in [0.25, 0.3) is 5.91 Å². The van der Waals surface area contributed by atoms with Crippen molar-refractivity contribution in [2.75, 3.05) is 12.4 Å². The molecule has 0 aliphatic rings. The van der Waals surface area contributed by atoms with Crippen LogP contribution < -0.4 is 15.4 Å². The maximum absolute atomic E-state index is 12.8. The number of benzene rings is 3. The molecule has 0 aliphatic carbocycles. The van der Waals surface area contributed by atoms with Crippen LogP contribution in [0.2, 0.25) is 0 Å². The van der Waals surface area contributed by atoms with Crippen LogP contribution in [0.4, 0.5) is 5.69 Å². The first kappa shape index (κ1) is 19.6. The molecule has 1 amide bonds. The molecule has 28 heavy (non-hydrogen) atoms. The van der Waals surface area contributed by atoms with Gasteiger partial charge in [0.15, 0.2) is 6.04 Å². The van der Waals surface area contributed by atoms with Crippen molar-refractivity contribution in [3.8, 4) is 5.75 Å². The third-order valence-corrected chi connectivity index (χ3v) is 4.85. The van der Waals surface area contributed by atoms with Crippen LogP contribution in [0.25, 0.3) is 0 Å². The highest BCUT2D eigenvalue weighted by Crippen LogP contribution is 2.23. The summed E-state index contributed by atoms with van der Waals surface area (Å²) in [5.41, 5.74) is 4.25. The van der Waals surface area contributed by atoms with Gasteiger partial charge in [0.05, 0.1) is 12.8 Å². The molecule has 4 heteroatoms. The average molecular weight is 375 g/mol. The third-order valence-electron chi connectivity index (χ3n) is 4.85. The molecule has 0 saturated carbocycles. The first-order chi connectivity index (χ1) is 13.6. The van der Waals surface area contributed by atoms with Crippen molar-refractivity contribution in [1.82, 2.24) is 0 Å². The van der Waals surface area contributed by atoms with Gasteiger partial charge in [0, 0.05) is 11.1 Å². The van der Waals surface area contributed by atoms with Crippen molar-refractivity contribution in [2.24, 2.45) is 0 Å². The fraction of sp³-hybridized carbons (Fsp3) is 0.208. The molecule has 3 aromatic carbocycles. The van der Waals surface area contributed by atoms with Gasteiger partial charge < -0.3 is 15.4 Å². The minimum absolute atomic E-state index is 0.0419. The van der Waals surface area contributed by atoms with Gasteiger partial charge in [-0.3, -0.25) is 4.79 Å². The van der Waals surface area contributed by atoms with Gasteiger partial charge in [0.2, 0.25) is 0 Å². The van der Waals surface area contributed by atoms with Crippen LogP contribution in [0.15, 0.2) is 78.9 Å². The van der Waals surface area contributed by atoms with Gasteiger partial charge in [-0.25, -0.2) is 0 Å². The molecule has 0 heterocycles. The van der Waals surface area contributed by atoms with E-state index in [1.807, 2.05) is 49.4 Å². The maximum Gasteiger partial charge on any atom is 0.282 e. The Bertz CT molecular complexity index is 907. The molecular formula is C24H27N2O2+. The number of nitrogens with one attached hydrogen (secondary N) is 1. The van der Waals surface area contributed by atoms with Gasteiger partial charge in [-0.05, 0) is 26.0 Å². The molecule has 3 N–H and O–H groups in total. The van der Waals surface area contributed by atoms with E-state index in [0.29, 0.717) is 11.4 Å². The zero-order valence-electron chi connectivity index (χ0n) is 16.6. The Hall–Kier alpha value is -3.11. The Labute approximate surface area is 166 Å². The van der Waals surface area contributed by atoms with Crippen LogP contribution >= 0.6 is 0 Å². The topological polar surface area (TPSA) is 54.9 Å². The Balaban J connectivity index is 1.80. The minimum atomic E-state index is -0.281. The molecule has 0 aromatic heterocycles. The summed E-state index contributed by atoms with van der Waals surface area (Å²) in [6, 6.07) is 26.0. The van der Waals surface area contributed by atoms with E-state index in [2.05, 4.69) is 54.0 Å². The summed E-state index contributed by atoms with van der Waals surface area (Å²) in [5, 5.41) is 5.09. The Morgan fingerprint density at radius 2 is 1.50 bits per heavy atom. The van der Waals surface area contributed by atoms with E-state index in [-0.39, 0.29) is 18.0 Å². The van der Waals surface area contributed by atoms with Crippen LogP contribution in [-0.2, 0) is 4.79 Å². The molecule has 0 bridgehead atoms. The lowest BCUT2D eigenvalue weighted by atomic mass is 9.97. The number of hydrogen-bond acceptors (Lipinski definition) is 2. The number of amides is 1. The Kier molecular flexibility index (Phi) is 6.45. The molecule has 0 radical (unpaired) electrons. The number of anilines is 1. The molecule has 0 fully saturated rings. The van der Waals surface area contributed by atoms with E-state index >= 15 is 0 Å². The number of rotatable bonds is 7. The normalized spacial score (nSPS) is 12.8. The minimum Gasteiger partial charge on any atom is -0.495 e. The number of quaternary nitrogens is 1. The summed E-state index contributed by atoms with van der Waals surface area (Å²) in [5.74, 6) is 0.596. The number of para-hydroxylation sites is 2. The number of ether oxygens (including phenoxy) is 1. The van der Waals surface area contributed by atoms with Crippen LogP contribution in [0.1, 0.15) is 29.7 Å². The Morgan fingerprint density at radius 3 is 2.18 bits per heavy atom. The zero-order valence-corrected chi connectivity index (χ0v) is 16.6. The number of carbonyl (C=O) groups is 1. The largest absolute Gasteiger partial charge is 0.495 e. The molecular weight excluding hydrogens is 348 g/mol. The van der Waals surface area contributed by atoms with Crippen molar-refractivity contribution < 1.29 is 14.8 Å². The highest BCUT2D eigenvalue weighted by Gasteiger charge is 2.25. The van der Waals surface area contributed by atoms with Gasteiger partial charge in [0.1, 0.15) is 11.8 Å². The quantitative estimate of drug-likeness (QED) is 0.662. The summed E-state index contributed by atoms with van der Waals surface area (Å²) in [7, 11) is 1.60. The van der Waals surface area contributed by atoms with E-state index < -0.39 is 0 Å². The van der Waals surface area contributed by atoms with Crippen LogP contribution in [0.5, 0.6) is 5.75 Å². The second-order valence-electron chi connectivity index (χ2n) is 6.97. The van der Waals surface area contributed by atoms with Crippen molar-refractivity contribution in [2.45, 2.75) is 25.9 Å². The van der Waals surface area contributed by atoms with Crippen LogP contribution in [0.3, 0.4) is 0 Å². The number of aryl methyl sites for hydroxylation is 1. The molecule has 3 rings (SSSR count). The summed E-state index contributed by atoms with van der Waals surface area (Å²) < 4.78 is 5.33. The van der Waals surface area contributed by atoms with Crippen molar-refractivity contribution >= 4 is 11.6 Å². The lowest BCUT2D eigenvalue weighted by Crippen LogP contribution is -2.92. The molecule has 2 atom stereocenters. The van der Waals surface area contributed by atoms with E-state index in [4.69, 9.17) is 4.74 Å². The number of methoxy groups -OCH3 is 1. The fourth-order valence-corrected chi connectivity index (χ4v) is 3.22. The van der Waals surface area contributed by atoms with E-state index in [9.17, 15) is 4.79 Å². The van der Waals surface area contributed by atoms with Crippen LogP contribution in [0, 0.1) is 6.92 Å². The molecule has 0 aliphatic heterocycles. The van der Waals surface area contributed by atoms with Gasteiger partial charge in [-0.1, -0.05) is 72.3 Å². The second kappa shape index (κ2) is 9.20. The summed E-state index contributed by atoms with van der Waals surface area (Å²) >= 11 is 0. The molecule has 0 unspecified atom stereocenters. The molecule has 3 aromatic rings. The van der Waals surface area contributed by atoms with Crippen molar-refractivity contribution in [3.05, 3.63) is 95.6 Å². The molecule has 144 valence electrons. The summed E-state index contributed by atoms with van der Waals surface area (Å²) in [6.45, 7) is 4.00. The lowest BCUT2D eigenvalue weighted by molar-refractivity contribution is -0.704. The van der Waals surface area contributed by atoms with Crippen molar-refractivity contribution in [3.63, 3.8) is 0 Å². The number of carbonyl (C=O) groups excluding carboxylic acids is 1. The maximum atomic E-state index is 12.8. The van der Waals surface area contributed by atoms with E-state index in [0.717, 1.165) is 0 Å². The molecule has 4 nitrogen and oxygen atoms in total. The first-order valence-electron chi connectivity index (χ1n) is 9.49. The zero-order chi connectivity index (χ0) is 19.9. The smallest absolute Gasteiger partial charge is 0.282 e. The third kappa shape index (κ3) is 4.78. The van der Waals surface area contributed by atoms with Gasteiger partial charge >= 0.3 is 0 Å². The molecule has 0 saturated heterocycles. The summed E-state index contributed by atoms with van der Waals surface area (Å²) in [4.78, 5) is 12.8. The van der Waals surface area contributed by atoms with Crippen LogP contribution in [-0.4, -0.2) is 19.1 Å². The monoisotopic (exact) mass is 375 g/mol. The number of hydrogen-bond donors (Lipinski definition) is 2. The van der Waals surface area contributed by atoms with Crippen molar-refractivity contribution in [1.29, 1.82) is 0 Å². The standard InChI is InChI=1S/C24H26N2O2/c1-17-13-15-20(16-14-17)23(19-9-5-4-6-10-19)25-18(2)24(27)26-21-11-7-8-12-22(21)28-3/h4-16,18,23,25H,1-3H3,(H,26,27)/p+1/t18-,23-/m0/s1. The summed E-state index contributed by atoms with van der Waals surface area (Å²) in [6.07, 6.45) is 0. The van der Waals surface area contributed by atoms with Gasteiger partial charge in [-0.2, -0.15) is 0 Å². The SMILES string of the molecule is COc1ccccc1NC(=O)[C@H](C)[NH2+][C@@H](c1ccccc1)c1ccc(C)cc1. The van der Waals surface area contributed by atoms with Gasteiger partial charge in [-0.15, -0.1) is 0 Å². The van der Waals surface area contributed by atoms with E-state index in [1.54, 1.807) is 7.11 Å². The lowest BCUT2D eigenvalue weighted by Gasteiger charge is -2.21.